The fraction of sp³-hybridized carbons (Fsp3) is 0.393. The van der Waals surface area contributed by atoms with Crippen molar-refractivity contribution in [3.63, 3.8) is 0 Å². The summed E-state index contributed by atoms with van der Waals surface area (Å²) in [5.41, 5.74) is 0.564. The van der Waals surface area contributed by atoms with E-state index in [-0.39, 0.29) is 22.7 Å². The van der Waals surface area contributed by atoms with Gasteiger partial charge in [0.1, 0.15) is 9.96 Å². The number of hydrogen-bond acceptors (Lipinski definition) is 6. The zero-order valence-corrected chi connectivity index (χ0v) is 23.9. The molecular formula is C28H32F3N3O4S2. The van der Waals surface area contributed by atoms with Crippen molar-refractivity contribution >= 4 is 27.3 Å². The van der Waals surface area contributed by atoms with Crippen LogP contribution in [0.1, 0.15) is 46.1 Å². The van der Waals surface area contributed by atoms with Crippen molar-refractivity contribution in [3.8, 4) is 5.75 Å². The first-order chi connectivity index (χ1) is 19.0. The Kier molecular flexibility index (Phi) is 9.55. The molecule has 0 aliphatic carbocycles. The monoisotopic (exact) mass is 595 g/mol. The molecule has 1 saturated heterocycles. The lowest BCUT2D eigenvalue weighted by Gasteiger charge is -2.37. The lowest BCUT2D eigenvalue weighted by Crippen LogP contribution is -2.46. The number of benzene rings is 2. The summed E-state index contributed by atoms with van der Waals surface area (Å²) >= 11 is 1.13. The van der Waals surface area contributed by atoms with E-state index in [2.05, 4.69) is 10.2 Å². The second kappa shape index (κ2) is 12.7. The molecule has 0 spiro atoms. The van der Waals surface area contributed by atoms with Crippen LogP contribution < -0.4 is 10.1 Å². The Morgan fingerprint density at radius 3 is 2.42 bits per heavy atom. The van der Waals surface area contributed by atoms with Crippen LogP contribution in [0.25, 0.3) is 0 Å². The fourth-order valence-electron chi connectivity index (χ4n) is 4.73. The average molecular weight is 596 g/mol. The lowest BCUT2D eigenvalue weighted by molar-refractivity contribution is -0.137. The van der Waals surface area contributed by atoms with E-state index in [9.17, 15) is 26.4 Å². The van der Waals surface area contributed by atoms with Crippen molar-refractivity contribution < 1.29 is 31.1 Å². The van der Waals surface area contributed by atoms with Gasteiger partial charge in [0.2, 0.25) is 0 Å². The first kappa shape index (κ1) is 30.0. The van der Waals surface area contributed by atoms with Crippen molar-refractivity contribution in [2.75, 3.05) is 26.7 Å². The van der Waals surface area contributed by atoms with Crippen molar-refractivity contribution in [2.24, 2.45) is 0 Å². The maximum atomic E-state index is 13.3. The van der Waals surface area contributed by atoms with Crippen LogP contribution in [0.4, 0.5) is 13.2 Å². The summed E-state index contributed by atoms with van der Waals surface area (Å²) in [7, 11) is -2.15. The minimum Gasteiger partial charge on any atom is -0.497 e. The number of carbonyl (C=O) groups is 1. The van der Waals surface area contributed by atoms with Crippen LogP contribution in [-0.2, 0) is 29.3 Å². The first-order valence-electron chi connectivity index (χ1n) is 12.9. The molecule has 1 aliphatic rings. The summed E-state index contributed by atoms with van der Waals surface area (Å²) in [5.74, 6) is 0.290. The van der Waals surface area contributed by atoms with Crippen molar-refractivity contribution in [1.82, 2.24) is 14.5 Å². The SMILES string of the molecule is CCN(Cc1ccc(C(F)(F)F)cc1)C1CCN(S(=O)(=O)c2ccc(CNC(=O)c3cccc(OC)c3)s2)CC1. The van der Waals surface area contributed by atoms with Crippen LogP contribution in [0.15, 0.2) is 64.9 Å². The molecule has 1 aromatic heterocycles. The maximum Gasteiger partial charge on any atom is 0.416 e. The molecule has 0 radical (unpaired) electrons. The molecule has 1 N–H and O–H groups in total. The predicted octanol–water partition coefficient (Wildman–Crippen LogP) is 5.38. The molecule has 12 heteroatoms. The summed E-state index contributed by atoms with van der Waals surface area (Å²) in [5, 5.41) is 2.81. The van der Waals surface area contributed by atoms with E-state index in [0.717, 1.165) is 33.9 Å². The van der Waals surface area contributed by atoms with E-state index in [1.807, 2.05) is 6.92 Å². The Morgan fingerprint density at radius 2 is 1.80 bits per heavy atom. The van der Waals surface area contributed by atoms with Gasteiger partial charge in [-0.3, -0.25) is 9.69 Å². The molecule has 216 valence electrons. The average Bonchev–Trinajstić information content (AvgIpc) is 3.44. The molecule has 1 aliphatic heterocycles. The highest BCUT2D eigenvalue weighted by atomic mass is 32.2. The maximum absolute atomic E-state index is 13.3. The third-order valence-electron chi connectivity index (χ3n) is 7.00. The number of nitrogens with one attached hydrogen (secondary N) is 1. The van der Waals surface area contributed by atoms with E-state index in [1.54, 1.807) is 36.4 Å². The van der Waals surface area contributed by atoms with Crippen LogP contribution in [0, 0.1) is 0 Å². The number of ether oxygens (including phenoxy) is 1. The molecule has 4 rings (SSSR count). The largest absolute Gasteiger partial charge is 0.497 e. The van der Waals surface area contributed by atoms with E-state index in [4.69, 9.17) is 4.74 Å². The molecule has 40 heavy (non-hydrogen) atoms. The number of thiophene rings is 1. The minimum absolute atomic E-state index is 0.129. The molecule has 0 bridgehead atoms. The topological polar surface area (TPSA) is 79.0 Å². The predicted molar refractivity (Wildman–Crippen MR) is 148 cm³/mol. The molecule has 1 fully saturated rings. The fourth-order valence-corrected chi connectivity index (χ4v) is 7.65. The van der Waals surface area contributed by atoms with E-state index < -0.39 is 21.8 Å². The van der Waals surface area contributed by atoms with Gasteiger partial charge in [0.25, 0.3) is 15.9 Å². The zero-order chi connectivity index (χ0) is 28.9. The Labute approximate surface area is 236 Å². The quantitative estimate of drug-likeness (QED) is 0.341. The Hall–Kier alpha value is -2.93. The van der Waals surface area contributed by atoms with E-state index >= 15 is 0 Å². The third-order valence-corrected chi connectivity index (χ3v) is 10.5. The van der Waals surface area contributed by atoms with Gasteiger partial charge < -0.3 is 10.1 Å². The molecular weight excluding hydrogens is 563 g/mol. The van der Waals surface area contributed by atoms with Gasteiger partial charge in [0.15, 0.2) is 0 Å². The van der Waals surface area contributed by atoms with Gasteiger partial charge >= 0.3 is 6.18 Å². The number of rotatable bonds is 10. The smallest absolute Gasteiger partial charge is 0.416 e. The van der Waals surface area contributed by atoms with Crippen LogP contribution >= 0.6 is 11.3 Å². The van der Waals surface area contributed by atoms with Gasteiger partial charge in [-0.05, 0) is 67.4 Å². The first-order valence-corrected chi connectivity index (χ1v) is 15.2. The zero-order valence-electron chi connectivity index (χ0n) is 22.3. The van der Waals surface area contributed by atoms with Crippen molar-refractivity contribution in [2.45, 2.75) is 49.3 Å². The number of halogens is 3. The van der Waals surface area contributed by atoms with Gasteiger partial charge in [0, 0.05) is 36.1 Å². The Balaban J connectivity index is 1.31. The van der Waals surface area contributed by atoms with E-state index in [1.165, 1.54) is 23.5 Å². The normalized spacial score (nSPS) is 15.3. The number of piperidine rings is 1. The summed E-state index contributed by atoms with van der Waals surface area (Å²) in [6, 6.07) is 15.4. The molecule has 0 saturated carbocycles. The second-order valence-corrected chi connectivity index (χ2v) is 12.9. The van der Waals surface area contributed by atoms with Crippen molar-refractivity contribution in [3.05, 3.63) is 82.2 Å². The van der Waals surface area contributed by atoms with Gasteiger partial charge in [-0.1, -0.05) is 25.1 Å². The highest BCUT2D eigenvalue weighted by Gasteiger charge is 2.33. The summed E-state index contributed by atoms with van der Waals surface area (Å²) < 4.78 is 72.1. The second-order valence-electron chi connectivity index (χ2n) is 9.53. The molecule has 7 nitrogen and oxygen atoms in total. The number of alkyl halides is 3. The molecule has 3 aromatic rings. The number of sulfonamides is 1. The van der Waals surface area contributed by atoms with Gasteiger partial charge in [-0.15, -0.1) is 11.3 Å². The molecule has 1 amide bonds. The molecule has 2 aromatic carbocycles. The third kappa shape index (κ3) is 7.22. The van der Waals surface area contributed by atoms with Gasteiger partial charge in [-0.2, -0.15) is 17.5 Å². The Bertz CT molecular complexity index is 1400. The van der Waals surface area contributed by atoms with Crippen LogP contribution in [0.2, 0.25) is 0 Å². The van der Waals surface area contributed by atoms with Crippen molar-refractivity contribution in [1.29, 1.82) is 0 Å². The lowest BCUT2D eigenvalue weighted by atomic mass is 10.0. The molecule has 0 unspecified atom stereocenters. The number of amides is 1. The minimum atomic E-state index is -4.37. The highest BCUT2D eigenvalue weighted by molar-refractivity contribution is 7.91. The van der Waals surface area contributed by atoms with Crippen LogP contribution in [0.5, 0.6) is 5.75 Å². The summed E-state index contributed by atoms with van der Waals surface area (Å²) in [6.07, 6.45) is -3.11. The molecule has 0 atom stereocenters. The number of methoxy groups -OCH3 is 1. The van der Waals surface area contributed by atoms with Gasteiger partial charge in [-0.25, -0.2) is 8.42 Å². The standard InChI is InChI=1S/C28H32F3N3O4S2/c1-3-33(19-20-7-9-22(10-8-20)28(29,30)31)23-13-15-34(16-14-23)40(36,37)26-12-11-25(39-26)18-32-27(35)21-5-4-6-24(17-21)38-2/h4-12,17,23H,3,13-16,18-19H2,1-2H3,(H,32,35). The molecule has 2 heterocycles. The number of carbonyl (C=O) groups excluding carboxylic acids is 1. The number of nitrogens with zero attached hydrogens (tertiary/aromatic N) is 2. The number of hydrogen-bond donors (Lipinski definition) is 1. The summed E-state index contributed by atoms with van der Waals surface area (Å²) in [4.78, 5) is 15.4. The summed E-state index contributed by atoms with van der Waals surface area (Å²) in [6.45, 7) is 4.11. The van der Waals surface area contributed by atoms with Crippen LogP contribution in [-0.4, -0.2) is 56.3 Å². The van der Waals surface area contributed by atoms with Crippen LogP contribution in [0.3, 0.4) is 0 Å². The Morgan fingerprint density at radius 1 is 1.10 bits per heavy atom. The highest BCUT2D eigenvalue weighted by Crippen LogP contribution is 2.31. The van der Waals surface area contributed by atoms with E-state index in [0.29, 0.717) is 50.3 Å². The van der Waals surface area contributed by atoms with Gasteiger partial charge in [0.05, 0.1) is 19.2 Å².